The third-order valence-electron chi connectivity index (χ3n) is 6.51. The minimum absolute atomic E-state index is 0.175. The molecular weight excluding hydrogens is 346 g/mol. The van der Waals surface area contributed by atoms with Gasteiger partial charge in [0.15, 0.2) is 0 Å². The summed E-state index contributed by atoms with van der Waals surface area (Å²) in [7, 11) is 1.69. The highest BCUT2D eigenvalue weighted by atomic mass is 16.6. The van der Waals surface area contributed by atoms with E-state index in [1.165, 1.54) is 12.8 Å². The lowest BCUT2D eigenvalue weighted by Gasteiger charge is -2.51. The van der Waals surface area contributed by atoms with Crippen molar-refractivity contribution in [2.75, 3.05) is 59.6 Å². The molecule has 3 aliphatic heterocycles. The van der Waals surface area contributed by atoms with Crippen LogP contribution in [0.2, 0.25) is 0 Å². The third-order valence-corrected chi connectivity index (χ3v) is 6.51. The van der Waals surface area contributed by atoms with E-state index >= 15 is 0 Å². The molecule has 0 aliphatic carbocycles. The number of hydrogen-bond acceptors (Lipinski definition) is 5. The number of piperidine rings is 3. The number of rotatable bonds is 5. The molecule has 3 rings (SSSR count). The number of hydrogen-bond donors (Lipinski definition) is 0. The Morgan fingerprint density at radius 2 is 1.96 bits per heavy atom. The molecule has 1 atom stereocenters. The van der Waals surface area contributed by atoms with E-state index in [1.54, 1.807) is 7.11 Å². The summed E-state index contributed by atoms with van der Waals surface area (Å²) in [5.74, 6) is 0.276. The van der Waals surface area contributed by atoms with E-state index in [2.05, 4.69) is 4.90 Å². The fourth-order valence-electron chi connectivity index (χ4n) is 5.03. The van der Waals surface area contributed by atoms with Gasteiger partial charge in [0.2, 0.25) is 5.91 Å². The van der Waals surface area contributed by atoms with E-state index in [0.29, 0.717) is 32.2 Å². The molecule has 3 saturated heterocycles. The predicted molar refractivity (Wildman–Crippen MR) is 103 cm³/mol. The van der Waals surface area contributed by atoms with Crippen molar-refractivity contribution in [1.29, 1.82) is 0 Å². The largest absolute Gasteiger partial charge is 0.450 e. The fourth-order valence-corrected chi connectivity index (χ4v) is 5.03. The fraction of sp³-hybridized carbons (Fsp3) is 0.900. The van der Waals surface area contributed by atoms with Gasteiger partial charge in [-0.15, -0.1) is 0 Å². The maximum Gasteiger partial charge on any atom is 0.409 e. The molecule has 7 heteroatoms. The van der Waals surface area contributed by atoms with Gasteiger partial charge in [-0.1, -0.05) is 0 Å². The maximum atomic E-state index is 12.3. The van der Waals surface area contributed by atoms with E-state index < -0.39 is 0 Å². The van der Waals surface area contributed by atoms with E-state index in [4.69, 9.17) is 9.47 Å². The zero-order chi connectivity index (χ0) is 19.3. The highest BCUT2D eigenvalue weighted by Crippen LogP contribution is 2.40. The van der Waals surface area contributed by atoms with Crippen LogP contribution < -0.4 is 0 Å². The topological polar surface area (TPSA) is 62.3 Å². The molecule has 1 spiro atoms. The van der Waals surface area contributed by atoms with Crippen LogP contribution in [0.4, 0.5) is 4.79 Å². The second-order valence-corrected chi connectivity index (χ2v) is 8.30. The molecule has 3 aliphatic rings. The average molecular weight is 382 g/mol. The lowest BCUT2D eigenvalue weighted by Crippen LogP contribution is -2.57. The van der Waals surface area contributed by atoms with Crippen LogP contribution in [0.1, 0.15) is 45.4 Å². The Bertz CT molecular complexity index is 521. The van der Waals surface area contributed by atoms with Crippen molar-refractivity contribution < 1.29 is 19.1 Å². The molecule has 0 aromatic carbocycles. The molecule has 0 aromatic rings. The molecule has 0 bridgehead atoms. The van der Waals surface area contributed by atoms with Crippen molar-refractivity contribution in [2.45, 2.75) is 51.5 Å². The first kappa shape index (κ1) is 20.4. The van der Waals surface area contributed by atoms with Crippen LogP contribution in [0.25, 0.3) is 0 Å². The average Bonchev–Trinajstić information content (AvgIpc) is 2.69. The van der Waals surface area contributed by atoms with Gasteiger partial charge in [0.05, 0.1) is 13.2 Å². The molecule has 2 amide bonds. The Morgan fingerprint density at radius 3 is 2.67 bits per heavy atom. The summed E-state index contributed by atoms with van der Waals surface area (Å²) in [5.41, 5.74) is 0.234. The molecule has 27 heavy (non-hydrogen) atoms. The molecule has 3 fully saturated rings. The minimum Gasteiger partial charge on any atom is -0.450 e. The van der Waals surface area contributed by atoms with Crippen LogP contribution in [0.3, 0.4) is 0 Å². The molecule has 0 unspecified atom stereocenters. The first-order valence-corrected chi connectivity index (χ1v) is 10.5. The highest BCUT2D eigenvalue weighted by Gasteiger charge is 2.43. The number of methoxy groups -OCH3 is 1. The van der Waals surface area contributed by atoms with Gasteiger partial charge < -0.3 is 19.3 Å². The van der Waals surface area contributed by atoms with Crippen LogP contribution in [0, 0.1) is 5.41 Å². The van der Waals surface area contributed by atoms with Gasteiger partial charge in [-0.3, -0.25) is 9.69 Å². The predicted octanol–water partition coefficient (Wildman–Crippen LogP) is 1.96. The van der Waals surface area contributed by atoms with Crippen LogP contribution in [-0.4, -0.2) is 92.3 Å². The van der Waals surface area contributed by atoms with Crippen molar-refractivity contribution in [1.82, 2.24) is 14.7 Å². The van der Waals surface area contributed by atoms with Crippen molar-refractivity contribution in [3.63, 3.8) is 0 Å². The normalized spacial score (nSPS) is 28.0. The number of nitrogens with zero attached hydrogens (tertiary/aromatic N) is 3. The first-order chi connectivity index (χ1) is 13.1. The van der Waals surface area contributed by atoms with Crippen LogP contribution in [0.5, 0.6) is 0 Å². The molecule has 0 aromatic heterocycles. The number of likely N-dealkylation sites (tertiary alicyclic amines) is 3. The smallest absolute Gasteiger partial charge is 0.409 e. The highest BCUT2D eigenvalue weighted by molar-refractivity contribution is 5.77. The lowest BCUT2D eigenvalue weighted by atomic mass is 9.73. The van der Waals surface area contributed by atoms with E-state index in [0.717, 1.165) is 52.0 Å². The van der Waals surface area contributed by atoms with Crippen molar-refractivity contribution >= 4 is 12.0 Å². The summed E-state index contributed by atoms with van der Waals surface area (Å²) < 4.78 is 10.3. The quantitative estimate of drug-likeness (QED) is 0.728. The number of carbonyl (C=O) groups excluding carboxylic acids is 2. The molecular formula is C20H35N3O4. The number of ether oxygens (including phenoxy) is 2. The van der Waals surface area contributed by atoms with Gasteiger partial charge in [0.1, 0.15) is 0 Å². The standard InChI is InChI=1S/C20H35N3O4/c1-3-27-19(25)21-11-6-17(7-12-21)22-10-4-8-20(15-22)9-5-18(24)23(16-20)13-14-26-2/h17H,3-16H2,1-2H3/t20-/m0/s1. The molecule has 0 N–H and O–H groups in total. The summed E-state index contributed by atoms with van der Waals surface area (Å²) in [6, 6.07) is 0.540. The SMILES string of the molecule is CCOC(=O)N1CCC(N2CCC[C@]3(CCC(=O)N(CCOC)C3)C2)CC1. The maximum absolute atomic E-state index is 12.3. The summed E-state index contributed by atoms with van der Waals surface area (Å²) in [4.78, 5) is 30.7. The number of carbonyl (C=O) groups is 2. The van der Waals surface area contributed by atoms with Gasteiger partial charge in [-0.2, -0.15) is 0 Å². The van der Waals surface area contributed by atoms with Gasteiger partial charge in [-0.25, -0.2) is 4.79 Å². The monoisotopic (exact) mass is 381 g/mol. The second-order valence-electron chi connectivity index (χ2n) is 8.30. The van der Waals surface area contributed by atoms with Crippen LogP contribution in [0.15, 0.2) is 0 Å². The zero-order valence-electron chi connectivity index (χ0n) is 17.0. The first-order valence-electron chi connectivity index (χ1n) is 10.5. The summed E-state index contributed by atoms with van der Waals surface area (Å²) >= 11 is 0. The van der Waals surface area contributed by atoms with Crippen LogP contribution >= 0.6 is 0 Å². The summed E-state index contributed by atoms with van der Waals surface area (Å²) in [6.07, 6.45) is 5.94. The second kappa shape index (κ2) is 9.24. The number of amides is 2. The van der Waals surface area contributed by atoms with Crippen molar-refractivity contribution in [3.05, 3.63) is 0 Å². The van der Waals surface area contributed by atoms with Gasteiger partial charge in [0.25, 0.3) is 0 Å². The minimum atomic E-state index is -0.175. The van der Waals surface area contributed by atoms with E-state index in [-0.39, 0.29) is 17.4 Å². The van der Waals surface area contributed by atoms with Gasteiger partial charge in [0, 0.05) is 57.7 Å². The van der Waals surface area contributed by atoms with Crippen LogP contribution in [-0.2, 0) is 14.3 Å². The Hall–Kier alpha value is -1.34. The molecule has 3 heterocycles. The third kappa shape index (κ3) is 4.93. The molecule has 154 valence electrons. The molecule has 0 radical (unpaired) electrons. The Balaban J connectivity index is 1.55. The Kier molecular flexibility index (Phi) is 6.98. The summed E-state index contributed by atoms with van der Waals surface area (Å²) in [5, 5.41) is 0. The van der Waals surface area contributed by atoms with Gasteiger partial charge in [-0.05, 0) is 45.6 Å². The van der Waals surface area contributed by atoms with Crippen molar-refractivity contribution in [3.8, 4) is 0 Å². The lowest BCUT2D eigenvalue weighted by molar-refractivity contribution is -0.140. The Labute approximate surface area is 162 Å². The summed E-state index contributed by atoms with van der Waals surface area (Å²) in [6.45, 7) is 8.25. The van der Waals surface area contributed by atoms with Crippen molar-refractivity contribution in [2.24, 2.45) is 5.41 Å². The van der Waals surface area contributed by atoms with Gasteiger partial charge >= 0.3 is 6.09 Å². The zero-order valence-corrected chi connectivity index (χ0v) is 17.0. The molecule has 0 saturated carbocycles. The van der Waals surface area contributed by atoms with E-state index in [9.17, 15) is 9.59 Å². The Morgan fingerprint density at radius 1 is 1.19 bits per heavy atom. The molecule has 7 nitrogen and oxygen atoms in total. The van der Waals surface area contributed by atoms with E-state index in [1.807, 2.05) is 16.7 Å².